The summed E-state index contributed by atoms with van der Waals surface area (Å²) >= 11 is 6.06. The third-order valence-corrected chi connectivity index (χ3v) is 4.52. The fourth-order valence-corrected chi connectivity index (χ4v) is 3.21. The number of primary amides is 1. The van der Waals surface area contributed by atoms with Gasteiger partial charge in [-0.3, -0.25) is 10.1 Å². The first-order valence-corrected chi connectivity index (χ1v) is 8.90. The highest BCUT2D eigenvalue weighted by Crippen LogP contribution is 2.38. The molecule has 1 saturated heterocycles. The number of rotatable bonds is 5. The number of hydrogen-bond acceptors (Lipinski definition) is 4. The van der Waals surface area contributed by atoms with Gasteiger partial charge < -0.3 is 15.8 Å². The van der Waals surface area contributed by atoms with E-state index in [4.69, 9.17) is 22.1 Å². The summed E-state index contributed by atoms with van der Waals surface area (Å²) in [6.07, 6.45) is -2.14. The number of nitrogens with one attached hydrogen (secondary N) is 2. The molecule has 1 aromatic carbocycles. The maximum absolute atomic E-state index is 13.3. The minimum atomic E-state index is -2.89. The number of alkyl halides is 2. The van der Waals surface area contributed by atoms with Gasteiger partial charge in [-0.15, -0.1) is 0 Å². The van der Waals surface area contributed by atoms with Crippen molar-refractivity contribution in [2.75, 3.05) is 6.54 Å². The molecule has 2 amide bonds. The van der Waals surface area contributed by atoms with E-state index in [0.29, 0.717) is 16.1 Å². The van der Waals surface area contributed by atoms with Crippen LogP contribution in [0.3, 0.4) is 0 Å². The van der Waals surface area contributed by atoms with Gasteiger partial charge in [0, 0.05) is 23.4 Å². The minimum absolute atomic E-state index is 0.0488. The second kappa shape index (κ2) is 7.98. The van der Waals surface area contributed by atoms with Gasteiger partial charge in [0.25, 0.3) is 5.92 Å². The predicted molar refractivity (Wildman–Crippen MR) is 97.5 cm³/mol. The van der Waals surface area contributed by atoms with E-state index < -0.39 is 48.4 Å². The van der Waals surface area contributed by atoms with Crippen LogP contribution in [0.5, 0.6) is 0 Å². The van der Waals surface area contributed by atoms with Crippen molar-refractivity contribution in [1.29, 1.82) is 0 Å². The van der Waals surface area contributed by atoms with E-state index in [1.54, 1.807) is 18.2 Å². The fraction of sp³-hybridized carbons (Fsp3) is 0.556. The first-order valence-electron chi connectivity index (χ1n) is 8.52. The number of carbonyl (C=O) groups excluding carboxylic acids is 2. The molecule has 1 heterocycles. The standard InChI is InChI=1S/C18H24ClF2N3O3/c1-17(2,3)14(27-16(22)26)12-5-4-11(19)6-10(12)8-23-15(25)13-7-18(20,21)9-24-13/h4-6,13-14,24H,7-9H2,1-3H3,(H2,22,26)(H,23,25). The van der Waals surface area contributed by atoms with Gasteiger partial charge >= 0.3 is 6.09 Å². The summed E-state index contributed by atoms with van der Waals surface area (Å²) in [5.74, 6) is -3.42. The second-order valence-corrected chi connectivity index (χ2v) is 8.17. The fourth-order valence-electron chi connectivity index (χ4n) is 3.01. The van der Waals surface area contributed by atoms with Crippen LogP contribution in [0.4, 0.5) is 13.6 Å². The van der Waals surface area contributed by atoms with E-state index in [1.807, 2.05) is 20.8 Å². The van der Waals surface area contributed by atoms with Crippen molar-refractivity contribution in [3.8, 4) is 0 Å². The highest BCUT2D eigenvalue weighted by Gasteiger charge is 2.42. The maximum atomic E-state index is 13.3. The summed E-state index contributed by atoms with van der Waals surface area (Å²) in [6.45, 7) is 5.16. The number of carbonyl (C=O) groups is 2. The third-order valence-electron chi connectivity index (χ3n) is 4.29. The summed E-state index contributed by atoms with van der Waals surface area (Å²) < 4.78 is 31.8. The molecule has 4 N–H and O–H groups in total. The normalized spacial score (nSPS) is 20.1. The lowest BCUT2D eigenvalue weighted by Crippen LogP contribution is -2.40. The molecule has 1 aromatic rings. The van der Waals surface area contributed by atoms with Crippen LogP contribution in [-0.2, 0) is 16.1 Å². The lowest BCUT2D eigenvalue weighted by Gasteiger charge is -2.31. The maximum Gasteiger partial charge on any atom is 0.405 e. The molecule has 0 aromatic heterocycles. The molecule has 2 rings (SSSR count). The van der Waals surface area contributed by atoms with Gasteiger partial charge in [-0.2, -0.15) is 0 Å². The Labute approximate surface area is 161 Å². The molecule has 0 bridgehead atoms. The molecule has 9 heteroatoms. The van der Waals surface area contributed by atoms with Crippen LogP contribution in [-0.4, -0.2) is 30.5 Å². The van der Waals surface area contributed by atoms with Crippen molar-refractivity contribution in [3.63, 3.8) is 0 Å². The Morgan fingerprint density at radius 1 is 1.44 bits per heavy atom. The zero-order valence-corrected chi connectivity index (χ0v) is 16.2. The third kappa shape index (κ3) is 5.77. The molecule has 2 unspecified atom stereocenters. The largest absolute Gasteiger partial charge is 0.441 e. The number of nitrogens with two attached hydrogens (primary N) is 1. The van der Waals surface area contributed by atoms with E-state index in [-0.39, 0.29) is 6.54 Å². The highest BCUT2D eigenvalue weighted by atomic mass is 35.5. The quantitative estimate of drug-likeness (QED) is 0.704. The summed E-state index contributed by atoms with van der Waals surface area (Å²) in [6, 6.07) is 4.02. The molecular weight excluding hydrogens is 380 g/mol. The monoisotopic (exact) mass is 403 g/mol. The van der Waals surface area contributed by atoms with Gasteiger partial charge in [0.05, 0.1) is 12.6 Å². The van der Waals surface area contributed by atoms with Crippen LogP contribution in [0, 0.1) is 5.41 Å². The number of ether oxygens (including phenoxy) is 1. The van der Waals surface area contributed by atoms with Crippen LogP contribution in [0.15, 0.2) is 18.2 Å². The number of benzene rings is 1. The average Bonchev–Trinajstić information content (AvgIpc) is 2.90. The SMILES string of the molecule is CC(C)(C)C(OC(N)=O)c1ccc(Cl)cc1CNC(=O)C1CC(F)(F)CN1. The van der Waals surface area contributed by atoms with Crippen molar-refractivity contribution in [1.82, 2.24) is 10.6 Å². The summed E-state index contributed by atoms with van der Waals surface area (Å²) in [7, 11) is 0. The lowest BCUT2D eigenvalue weighted by atomic mass is 9.82. The van der Waals surface area contributed by atoms with Crippen molar-refractivity contribution >= 4 is 23.6 Å². The van der Waals surface area contributed by atoms with Crippen LogP contribution < -0.4 is 16.4 Å². The first kappa shape index (κ1) is 21.4. The molecule has 0 aliphatic carbocycles. The smallest absolute Gasteiger partial charge is 0.405 e. The molecule has 6 nitrogen and oxygen atoms in total. The van der Waals surface area contributed by atoms with Crippen molar-refractivity contribution in [2.45, 2.75) is 51.8 Å². The van der Waals surface area contributed by atoms with Gasteiger partial charge in [0.1, 0.15) is 6.10 Å². The number of halogens is 3. The lowest BCUT2D eigenvalue weighted by molar-refractivity contribution is -0.123. The van der Waals surface area contributed by atoms with E-state index in [2.05, 4.69) is 10.6 Å². The minimum Gasteiger partial charge on any atom is -0.441 e. The van der Waals surface area contributed by atoms with Crippen LogP contribution in [0.25, 0.3) is 0 Å². The van der Waals surface area contributed by atoms with Crippen molar-refractivity contribution < 1.29 is 23.1 Å². The Morgan fingerprint density at radius 3 is 2.63 bits per heavy atom. The zero-order chi connectivity index (χ0) is 20.4. The van der Waals surface area contributed by atoms with E-state index >= 15 is 0 Å². The average molecular weight is 404 g/mol. The Hall–Kier alpha value is -1.93. The molecule has 1 fully saturated rings. The van der Waals surface area contributed by atoms with Crippen LogP contribution in [0.1, 0.15) is 44.4 Å². The van der Waals surface area contributed by atoms with E-state index in [0.717, 1.165) is 0 Å². The predicted octanol–water partition coefficient (Wildman–Crippen LogP) is 3.14. The van der Waals surface area contributed by atoms with Gasteiger partial charge in [-0.05, 0) is 23.3 Å². The topological polar surface area (TPSA) is 93.4 Å². The highest BCUT2D eigenvalue weighted by molar-refractivity contribution is 6.30. The Balaban J connectivity index is 2.20. The van der Waals surface area contributed by atoms with Crippen LogP contribution in [0.2, 0.25) is 5.02 Å². The van der Waals surface area contributed by atoms with E-state index in [9.17, 15) is 18.4 Å². The van der Waals surface area contributed by atoms with Gasteiger partial charge in [0.2, 0.25) is 5.91 Å². The van der Waals surface area contributed by atoms with Crippen molar-refractivity contribution in [2.24, 2.45) is 11.1 Å². The van der Waals surface area contributed by atoms with Gasteiger partial charge in [-0.25, -0.2) is 13.6 Å². The number of hydrogen-bond donors (Lipinski definition) is 3. The first-order chi connectivity index (χ1) is 12.4. The molecule has 0 radical (unpaired) electrons. The van der Waals surface area contributed by atoms with Gasteiger partial charge in [-0.1, -0.05) is 38.4 Å². The molecule has 0 spiro atoms. The number of amides is 2. The second-order valence-electron chi connectivity index (χ2n) is 7.74. The Kier molecular flexibility index (Phi) is 6.32. The molecule has 1 aliphatic heterocycles. The zero-order valence-electron chi connectivity index (χ0n) is 15.4. The van der Waals surface area contributed by atoms with E-state index in [1.165, 1.54) is 0 Å². The molecular formula is C18H24ClF2N3O3. The molecule has 2 atom stereocenters. The summed E-state index contributed by atoms with van der Waals surface area (Å²) in [4.78, 5) is 23.5. The Bertz CT molecular complexity index is 722. The summed E-state index contributed by atoms with van der Waals surface area (Å²) in [5.41, 5.74) is 5.97. The van der Waals surface area contributed by atoms with Gasteiger partial charge in [0.15, 0.2) is 0 Å². The van der Waals surface area contributed by atoms with Crippen molar-refractivity contribution in [3.05, 3.63) is 34.3 Å². The Morgan fingerprint density at radius 2 is 2.11 bits per heavy atom. The summed E-state index contributed by atoms with van der Waals surface area (Å²) in [5, 5.41) is 5.58. The molecule has 27 heavy (non-hydrogen) atoms. The molecule has 1 aliphatic rings. The molecule has 0 saturated carbocycles. The molecule has 150 valence electrons. The van der Waals surface area contributed by atoms with Crippen LogP contribution >= 0.6 is 11.6 Å².